The second kappa shape index (κ2) is 7.53. The van der Waals surface area contributed by atoms with Crippen molar-refractivity contribution in [1.29, 1.82) is 0 Å². The lowest BCUT2D eigenvalue weighted by molar-refractivity contribution is -0.115. The van der Waals surface area contributed by atoms with Crippen LogP contribution in [0.3, 0.4) is 0 Å². The first-order valence-electron chi connectivity index (χ1n) is 8.01. The van der Waals surface area contributed by atoms with E-state index in [1.54, 1.807) is 49.4 Å². The van der Waals surface area contributed by atoms with Gasteiger partial charge in [-0.15, -0.1) is 0 Å². The standard InChI is InChI=1S/C19H17N3O3S/c1-11(23)13-7-9-14(10-8-13)20-17(24)12(2)26-19-21-16-6-4-3-5-15(16)18(25)22-19/h3-10,12H,1-2H3,(H,20,24)(H,21,22,25)/t12-/m1/s1. The second-order valence-electron chi connectivity index (χ2n) is 5.77. The first-order valence-corrected chi connectivity index (χ1v) is 8.89. The molecular formula is C19H17N3O3S. The van der Waals surface area contributed by atoms with E-state index < -0.39 is 5.25 Å². The van der Waals surface area contributed by atoms with E-state index >= 15 is 0 Å². The molecule has 0 bridgehead atoms. The van der Waals surface area contributed by atoms with Crippen LogP contribution in [0.25, 0.3) is 10.9 Å². The topological polar surface area (TPSA) is 91.9 Å². The minimum Gasteiger partial charge on any atom is -0.325 e. The molecule has 1 atom stereocenters. The van der Waals surface area contributed by atoms with Crippen LogP contribution in [0.1, 0.15) is 24.2 Å². The number of fused-ring (bicyclic) bond motifs is 1. The van der Waals surface area contributed by atoms with Gasteiger partial charge in [-0.1, -0.05) is 23.9 Å². The summed E-state index contributed by atoms with van der Waals surface area (Å²) in [5.41, 5.74) is 1.55. The van der Waals surface area contributed by atoms with Gasteiger partial charge in [-0.2, -0.15) is 0 Å². The Morgan fingerprint density at radius 3 is 2.50 bits per heavy atom. The predicted molar refractivity (Wildman–Crippen MR) is 103 cm³/mol. The minimum atomic E-state index is -0.466. The Hall–Kier alpha value is -2.93. The van der Waals surface area contributed by atoms with Gasteiger partial charge in [0.2, 0.25) is 5.91 Å². The van der Waals surface area contributed by atoms with Gasteiger partial charge < -0.3 is 10.3 Å². The Kier molecular flexibility index (Phi) is 5.18. The van der Waals surface area contributed by atoms with Crippen molar-refractivity contribution in [1.82, 2.24) is 9.97 Å². The van der Waals surface area contributed by atoms with E-state index in [1.165, 1.54) is 18.7 Å². The fourth-order valence-corrected chi connectivity index (χ4v) is 3.18. The third kappa shape index (κ3) is 4.00. The number of hydrogen-bond acceptors (Lipinski definition) is 5. The van der Waals surface area contributed by atoms with Crippen molar-refractivity contribution < 1.29 is 9.59 Å². The highest BCUT2D eigenvalue weighted by molar-refractivity contribution is 8.00. The van der Waals surface area contributed by atoms with Gasteiger partial charge in [0.15, 0.2) is 10.9 Å². The van der Waals surface area contributed by atoms with Crippen molar-refractivity contribution in [2.45, 2.75) is 24.3 Å². The fourth-order valence-electron chi connectivity index (χ4n) is 2.37. The van der Waals surface area contributed by atoms with Crippen molar-refractivity contribution in [3.05, 3.63) is 64.4 Å². The molecule has 7 heteroatoms. The van der Waals surface area contributed by atoms with E-state index in [0.717, 1.165) is 0 Å². The lowest BCUT2D eigenvalue weighted by atomic mass is 10.1. The molecule has 2 N–H and O–H groups in total. The number of carbonyl (C=O) groups excluding carboxylic acids is 2. The van der Waals surface area contributed by atoms with Crippen molar-refractivity contribution >= 4 is 40.0 Å². The van der Waals surface area contributed by atoms with Crippen molar-refractivity contribution in [2.75, 3.05) is 5.32 Å². The Morgan fingerprint density at radius 1 is 1.12 bits per heavy atom. The quantitative estimate of drug-likeness (QED) is 0.410. The molecule has 2 aromatic carbocycles. The van der Waals surface area contributed by atoms with Gasteiger partial charge in [0.1, 0.15) is 0 Å². The molecule has 26 heavy (non-hydrogen) atoms. The number of aromatic nitrogens is 2. The average Bonchev–Trinajstić information content (AvgIpc) is 2.62. The number of nitrogens with one attached hydrogen (secondary N) is 2. The number of amides is 1. The smallest absolute Gasteiger partial charge is 0.259 e. The van der Waals surface area contributed by atoms with E-state index in [-0.39, 0.29) is 17.2 Å². The fraction of sp³-hybridized carbons (Fsp3) is 0.158. The Morgan fingerprint density at radius 2 is 1.81 bits per heavy atom. The lowest BCUT2D eigenvalue weighted by Crippen LogP contribution is -2.23. The molecular weight excluding hydrogens is 350 g/mol. The van der Waals surface area contributed by atoms with Gasteiger partial charge in [-0.25, -0.2) is 4.98 Å². The van der Waals surface area contributed by atoms with Crippen LogP contribution < -0.4 is 10.9 Å². The molecule has 1 amide bonds. The summed E-state index contributed by atoms with van der Waals surface area (Å²) in [5.74, 6) is -0.250. The third-order valence-electron chi connectivity index (χ3n) is 3.81. The number of rotatable bonds is 5. The molecule has 0 radical (unpaired) electrons. The number of thioether (sulfide) groups is 1. The van der Waals surface area contributed by atoms with Gasteiger partial charge in [-0.05, 0) is 50.2 Å². The maximum Gasteiger partial charge on any atom is 0.259 e. The van der Waals surface area contributed by atoms with Crippen LogP contribution in [0.4, 0.5) is 5.69 Å². The number of hydrogen-bond donors (Lipinski definition) is 2. The molecule has 6 nitrogen and oxygen atoms in total. The van der Waals surface area contributed by atoms with E-state index in [1.807, 2.05) is 6.07 Å². The zero-order chi connectivity index (χ0) is 18.7. The van der Waals surface area contributed by atoms with Crippen molar-refractivity contribution in [3.63, 3.8) is 0 Å². The highest BCUT2D eigenvalue weighted by atomic mass is 32.2. The molecule has 0 fully saturated rings. The SMILES string of the molecule is CC(=O)c1ccc(NC(=O)[C@@H](C)Sc2nc3ccccc3c(=O)[nH]2)cc1. The summed E-state index contributed by atoms with van der Waals surface area (Å²) >= 11 is 1.18. The first-order chi connectivity index (χ1) is 12.4. The van der Waals surface area contributed by atoms with Gasteiger partial charge in [-0.3, -0.25) is 14.4 Å². The van der Waals surface area contributed by atoms with E-state index in [9.17, 15) is 14.4 Å². The van der Waals surface area contributed by atoms with Crippen molar-refractivity contribution in [3.8, 4) is 0 Å². The van der Waals surface area contributed by atoms with Gasteiger partial charge in [0, 0.05) is 11.3 Å². The third-order valence-corrected chi connectivity index (χ3v) is 4.79. The van der Waals surface area contributed by atoms with E-state index in [4.69, 9.17) is 0 Å². The van der Waals surface area contributed by atoms with Crippen LogP contribution in [0.2, 0.25) is 0 Å². The summed E-state index contributed by atoms with van der Waals surface area (Å²) in [4.78, 5) is 42.8. The molecule has 0 saturated carbocycles. The highest BCUT2D eigenvalue weighted by Crippen LogP contribution is 2.21. The molecule has 3 rings (SSSR count). The minimum absolute atomic E-state index is 0.0295. The Balaban J connectivity index is 1.71. The zero-order valence-electron chi connectivity index (χ0n) is 14.3. The summed E-state index contributed by atoms with van der Waals surface area (Å²) in [6.07, 6.45) is 0. The normalized spacial score (nSPS) is 11.9. The van der Waals surface area contributed by atoms with Crippen LogP contribution in [0.15, 0.2) is 58.5 Å². The molecule has 0 saturated heterocycles. The second-order valence-corrected chi connectivity index (χ2v) is 7.10. The van der Waals surface area contributed by atoms with Gasteiger partial charge in [0.05, 0.1) is 16.2 Å². The highest BCUT2D eigenvalue weighted by Gasteiger charge is 2.17. The summed E-state index contributed by atoms with van der Waals surface area (Å²) in [7, 11) is 0. The van der Waals surface area contributed by atoms with Crippen LogP contribution in [0, 0.1) is 0 Å². The molecule has 0 aliphatic heterocycles. The lowest BCUT2D eigenvalue weighted by Gasteiger charge is -2.12. The molecule has 0 unspecified atom stereocenters. The molecule has 1 aromatic heterocycles. The number of carbonyl (C=O) groups is 2. The molecule has 0 spiro atoms. The average molecular weight is 367 g/mol. The number of H-pyrrole nitrogens is 1. The van der Waals surface area contributed by atoms with Crippen molar-refractivity contribution in [2.24, 2.45) is 0 Å². The predicted octanol–water partition coefficient (Wildman–Crippen LogP) is 3.25. The molecule has 0 aliphatic carbocycles. The number of benzene rings is 2. The van der Waals surface area contributed by atoms with Crippen LogP contribution in [-0.2, 0) is 4.79 Å². The summed E-state index contributed by atoms with van der Waals surface area (Å²) < 4.78 is 0. The van der Waals surface area contributed by atoms with E-state index in [0.29, 0.717) is 27.3 Å². The number of para-hydroxylation sites is 1. The monoisotopic (exact) mass is 367 g/mol. The van der Waals surface area contributed by atoms with Gasteiger partial charge >= 0.3 is 0 Å². The van der Waals surface area contributed by atoms with Crippen LogP contribution in [0.5, 0.6) is 0 Å². The number of nitrogens with zero attached hydrogens (tertiary/aromatic N) is 1. The first kappa shape index (κ1) is 17.9. The maximum absolute atomic E-state index is 12.4. The van der Waals surface area contributed by atoms with E-state index in [2.05, 4.69) is 15.3 Å². The number of Topliss-reactive ketones (excluding diaryl/α,β-unsaturated/α-hetero) is 1. The maximum atomic E-state index is 12.4. The summed E-state index contributed by atoms with van der Waals surface area (Å²) in [6, 6.07) is 13.7. The van der Waals surface area contributed by atoms with Crippen LogP contribution in [-0.4, -0.2) is 26.9 Å². The Bertz CT molecular complexity index is 1030. The Labute approximate surface area is 154 Å². The number of anilines is 1. The summed E-state index contributed by atoms with van der Waals surface area (Å²) in [5, 5.41) is 3.23. The molecule has 0 aliphatic rings. The number of aromatic amines is 1. The van der Waals surface area contributed by atoms with Gasteiger partial charge in [0.25, 0.3) is 5.56 Å². The largest absolute Gasteiger partial charge is 0.325 e. The number of ketones is 1. The van der Waals surface area contributed by atoms with Crippen LogP contribution >= 0.6 is 11.8 Å². The summed E-state index contributed by atoms with van der Waals surface area (Å²) in [6.45, 7) is 3.22. The zero-order valence-corrected chi connectivity index (χ0v) is 15.1. The molecule has 3 aromatic rings. The molecule has 1 heterocycles. The molecule has 132 valence electrons.